The number of rotatable bonds is 1. The van der Waals surface area contributed by atoms with Crippen LogP contribution in [0.1, 0.15) is 19.8 Å². The number of H-pyrrole nitrogens is 1. The summed E-state index contributed by atoms with van der Waals surface area (Å²) < 4.78 is 0. The van der Waals surface area contributed by atoms with Crippen LogP contribution in [0.2, 0.25) is 0 Å². The van der Waals surface area contributed by atoms with Gasteiger partial charge in [0, 0.05) is 13.1 Å². The number of hydrogen-bond donors (Lipinski definition) is 3. The Labute approximate surface area is 93.1 Å². The van der Waals surface area contributed by atoms with E-state index in [2.05, 4.69) is 9.97 Å². The first-order valence-electron chi connectivity index (χ1n) is 5.30. The first-order valence-corrected chi connectivity index (χ1v) is 5.30. The van der Waals surface area contributed by atoms with Crippen LogP contribution >= 0.6 is 0 Å². The first kappa shape index (κ1) is 10.9. The molecule has 0 saturated carbocycles. The predicted molar refractivity (Wildman–Crippen MR) is 61.3 cm³/mol. The third-order valence-corrected chi connectivity index (χ3v) is 3.01. The molecule has 1 saturated heterocycles. The summed E-state index contributed by atoms with van der Waals surface area (Å²) in [6, 6.07) is 0. The van der Waals surface area contributed by atoms with Crippen LogP contribution in [-0.4, -0.2) is 33.8 Å². The molecule has 0 unspecified atom stereocenters. The topological polar surface area (TPSA) is 95.2 Å². The second-order valence-electron chi connectivity index (χ2n) is 4.45. The molecule has 0 aliphatic carbocycles. The standard InChI is InChI=1S/C10H16N4O2/c1-10(16)2-4-14(5-3-10)8-7(11)9(15)13-6-12-8/h6,16H,2-5,11H2,1H3,(H,12,13,15). The van der Waals surface area contributed by atoms with Gasteiger partial charge in [-0.05, 0) is 19.8 Å². The van der Waals surface area contributed by atoms with Crippen LogP contribution < -0.4 is 16.2 Å². The molecule has 6 nitrogen and oxygen atoms in total. The number of aliphatic hydroxyl groups is 1. The number of nitrogens with two attached hydrogens (primary N) is 1. The van der Waals surface area contributed by atoms with E-state index in [-0.39, 0.29) is 11.2 Å². The van der Waals surface area contributed by atoms with E-state index in [1.54, 1.807) is 0 Å². The van der Waals surface area contributed by atoms with Gasteiger partial charge < -0.3 is 20.7 Å². The molecular formula is C10H16N4O2. The molecule has 0 spiro atoms. The van der Waals surface area contributed by atoms with E-state index in [1.807, 2.05) is 11.8 Å². The number of nitrogens with one attached hydrogen (secondary N) is 1. The van der Waals surface area contributed by atoms with Crippen molar-refractivity contribution < 1.29 is 5.11 Å². The van der Waals surface area contributed by atoms with Crippen molar-refractivity contribution in [3.8, 4) is 0 Å². The third-order valence-electron chi connectivity index (χ3n) is 3.01. The molecule has 1 aliphatic heterocycles. The highest BCUT2D eigenvalue weighted by molar-refractivity contribution is 5.61. The molecule has 4 N–H and O–H groups in total. The Hall–Kier alpha value is -1.56. The lowest BCUT2D eigenvalue weighted by atomic mass is 9.94. The molecule has 1 aliphatic rings. The lowest BCUT2D eigenvalue weighted by molar-refractivity contribution is 0.0350. The van der Waals surface area contributed by atoms with E-state index in [0.29, 0.717) is 31.7 Å². The molecule has 0 bridgehead atoms. The highest BCUT2D eigenvalue weighted by Gasteiger charge is 2.28. The van der Waals surface area contributed by atoms with Gasteiger partial charge in [-0.1, -0.05) is 0 Å². The first-order chi connectivity index (χ1) is 7.49. The number of piperidine rings is 1. The monoisotopic (exact) mass is 224 g/mol. The van der Waals surface area contributed by atoms with Crippen LogP contribution in [0.4, 0.5) is 11.5 Å². The number of aromatic amines is 1. The van der Waals surface area contributed by atoms with Gasteiger partial charge >= 0.3 is 0 Å². The van der Waals surface area contributed by atoms with Crippen LogP contribution in [-0.2, 0) is 0 Å². The molecular weight excluding hydrogens is 208 g/mol. The highest BCUT2D eigenvalue weighted by Crippen LogP contribution is 2.25. The Morgan fingerprint density at radius 3 is 2.81 bits per heavy atom. The predicted octanol–water partition coefficient (Wildman–Crippen LogP) is -0.297. The molecule has 1 aromatic heterocycles. The molecule has 88 valence electrons. The summed E-state index contributed by atoms with van der Waals surface area (Å²) in [5.74, 6) is 0.513. The Kier molecular flexibility index (Phi) is 2.59. The minimum Gasteiger partial charge on any atom is -0.391 e. The molecule has 0 radical (unpaired) electrons. The summed E-state index contributed by atoms with van der Waals surface area (Å²) in [6.45, 7) is 3.14. The smallest absolute Gasteiger partial charge is 0.276 e. The van der Waals surface area contributed by atoms with E-state index in [9.17, 15) is 9.90 Å². The lowest BCUT2D eigenvalue weighted by Crippen LogP contribution is -2.43. The summed E-state index contributed by atoms with van der Waals surface area (Å²) >= 11 is 0. The maximum absolute atomic E-state index is 11.3. The number of nitrogens with zero attached hydrogens (tertiary/aromatic N) is 2. The molecule has 1 fully saturated rings. The maximum Gasteiger partial charge on any atom is 0.276 e. The molecule has 2 heterocycles. The molecule has 0 atom stereocenters. The van der Waals surface area contributed by atoms with E-state index in [0.717, 1.165) is 0 Å². The maximum atomic E-state index is 11.3. The van der Waals surface area contributed by atoms with Gasteiger partial charge in [-0.2, -0.15) is 0 Å². The van der Waals surface area contributed by atoms with Crippen molar-refractivity contribution >= 4 is 11.5 Å². The zero-order valence-electron chi connectivity index (χ0n) is 9.23. The van der Waals surface area contributed by atoms with E-state index in [4.69, 9.17) is 5.73 Å². The quantitative estimate of drug-likeness (QED) is 0.609. The molecule has 0 amide bonds. The van der Waals surface area contributed by atoms with Crippen molar-refractivity contribution in [3.63, 3.8) is 0 Å². The minimum absolute atomic E-state index is 0.143. The number of anilines is 2. The van der Waals surface area contributed by atoms with Crippen LogP contribution in [0.25, 0.3) is 0 Å². The van der Waals surface area contributed by atoms with Crippen molar-refractivity contribution in [2.24, 2.45) is 0 Å². The van der Waals surface area contributed by atoms with E-state index in [1.165, 1.54) is 6.33 Å². The van der Waals surface area contributed by atoms with E-state index >= 15 is 0 Å². The fraction of sp³-hybridized carbons (Fsp3) is 0.600. The average Bonchev–Trinajstić information content (AvgIpc) is 2.23. The summed E-state index contributed by atoms with van der Waals surface area (Å²) in [5, 5.41) is 9.82. The van der Waals surface area contributed by atoms with Gasteiger partial charge in [-0.3, -0.25) is 4.79 Å². The van der Waals surface area contributed by atoms with Crippen molar-refractivity contribution in [3.05, 3.63) is 16.7 Å². The Bertz CT molecular complexity index is 431. The lowest BCUT2D eigenvalue weighted by Gasteiger charge is -2.36. The second-order valence-corrected chi connectivity index (χ2v) is 4.45. The van der Waals surface area contributed by atoms with Crippen molar-refractivity contribution in [1.82, 2.24) is 9.97 Å². The van der Waals surface area contributed by atoms with Gasteiger partial charge in [-0.25, -0.2) is 4.98 Å². The minimum atomic E-state index is -0.619. The van der Waals surface area contributed by atoms with Gasteiger partial charge in [0.1, 0.15) is 5.69 Å². The molecule has 0 aromatic carbocycles. The summed E-state index contributed by atoms with van der Waals surface area (Å²) in [7, 11) is 0. The number of aromatic nitrogens is 2. The van der Waals surface area contributed by atoms with Crippen LogP contribution in [0.5, 0.6) is 0 Å². The number of hydrogen-bond acceptors (Lipinski definition) is 5. The summed E-state index contributed by atoms with van der Waals surface area (Å²) in [4.78, 5) is 19.7. The van der Waals surface area contributed by atoms with Crippen LogP contribution in [0, 0.1) is 0 Å². The summed E-state index contributed by atoms with van der Waals surface area (Å²) in [5.41, 5.74) is 4.88. The summed E-state index contributed by atoms with van der Waals surface area (Å²) in [6.07, 6.45) is 2.66. The normalized spacial score (nSPS) is 19.8. The van der Waals surface area contributed by atoms with Crippen LogP contribution in [0.3, 0.4) is 0 Å². The zero-order chi connectivity index (χ0) is 11.8. The average molecular weight is 224 g/mol. The van der Waals surface area contributed by atoms with Gasteiger partial charge in [0.15, 0.2) is 5.82 Å². The molecule has 16 heavy (non-hydrogen) atoms. The van der Waals surface area contributed by atoms with Gasteiger partial charge in [0.25, 0.3) is 5.56 Å². The van der Waals surface area contributed by atoms with Gasteiger partial charge in [-0.15, -0.1) is 0 Å². The van der Waals surface area contributed by atoms with Crippen LogP contribution in [0.15, 0.2) is 11.1 Å². The Morgan fingerprint density at radius 2 is 2.19 bits per heavy atom. The molecule has 2 rings (SSSR count). The van der Waals surface area contributed by atoms with Crippen molar-refractivity contribution in [1.29, 1.82) is 0 Å². The second kappa shape index (κ2) is 3.79. The highest BCUT2D eigenvalue weighted by atomic mass is 16.3. The van der Waals surface area contributed by atoms with E-state index < -0.39 is 5.60 Å². The molecule has 6 heteroatoms. The largest absolute Gasteiger partial charge is 0.391 e. The van der Waals surface area contributed by atoms with Crippen molar-refractivity contribution in [2.45, 2.75) is 25.4 Å². The number of nitrogen functional groups attached to an aromatic ring is 1. The zero-order valence-corrected chi connectivity index (χ0v) is 9.23. The van der Waals surface area contributed by atoms with Crippen molar-refractivity contribution in [2.75, 3.05) is 23.7 Å². The Morgan fingerprint density at radius 1 is 1.56 bits per heavy atom. The van der Waals surface area contributed by atoms with Gasteiger partial charge in [0.05, 0.1) is 11.9 Å². The Balaban J connectivity index is 2.21. The third kappa shape index (κ3) is 2.01. The fourth-order valence-electron chi connectivity index (χ4n) is 1.85. The fourth-order valence-corrected chi connectivity index (χ4v) is 1.85. The molecule has 1 aromatic rings. The SMILES string of the molecule is CC1(O)CCN(c2nc[nH]c(=O)c2N)CC1. The van der Waals surface area contributed by atoms with Gasteiger partial charge in [0.2, 0.25) is 0 Å².